The maximum absolute atomic E-state index is 11.6. The van der Waals surface area contributed by atoms with Crippen molar-refractivity contribution in [2.45, 2.75) is 19.4 Å². The lowest BCUT2D eigenvalue weighted by atomic mass is 10.0. The molecule has 0 saturated carbocycles. The number of benzene rings is 1. The van der Waals surface area contributed by atoms with Gasteiger partial charge in [-0.2, -0.15) is 0 Å². The highest BCUT2D eigenvalue weighted by atomic mass is 35.5. The van der Waals surface area contributed by atoms with Crippen LogP contribution in [0.4, 0.5) is 0 Å². The van der Waals surface area contributed by atoms with Crippen molar-refractivity contribution in [1.82, 2.24) is 10.6 Å². The minimum Gasteiger partial charge on any atom is -0.355 e. The molecule has 19 heavy (non-hydrogen) atoms. The molecule has 2 amide bonds. The van der Waals surface area contributed by atoms with Crippen molar-refractivity contribution in [1.29, 1.82) is 0 Å². The molecule has 0 bridgehead atoms. The van der Waals surface area contributed by atoms with E-state index in [0.717, 1.165) is 5.56 Å². The maximum Gasteiger partial charge on any atom is 0.221 e. The van der Waals surface area contributed by atoms with E-state index in [2.05, 4.69) is 10.6 Å². The summed E-state index contributed by atoms with van der Waals surface area (Å²) in [5, 5.41) is 5.31. The fraction of sp³-hybridized carbons (Fsp3) is 0.385. The highest BCUT2D eigenvalue weighted by Gasteiger charge is 2.10. The average Bonchev–Trinajstić information content (AvgIpc) is 2.35. The highest BCUT2D eigenvalue weighted by Crippen LogP contribution is 2.12. The third-order valence-electron chi connectivity index (χ3n) is 2.45. The second-order valence-electron chi connectivity index (χ2n) is 4.05. The van der Waals surface area contributed by atoms with Gasteiger partial charge in [0.05, 0.1) is 0 Å². The lowest BCUT2D eigenvalue weighted by Gasteiger charge is -2.12. The Bertz CT molecular complexity index is 398. The quantitative estimate of drug-likeness (QED) is 0.675. The Hall–Kier alpha value is -1.59. The van der Waals surface area contributed by atoms with Crippen LogP contribution in [-0.2, 0) is 9.59 Å². The monoisotopic (exact) mass is 285 g/mol. The summed E-state index contributed by atoms with van der Waals surface area (Å²) in [5.41, 5.74) is 6.86. The van der Waals surface area contributed by atoms with E-state index in [0.29, 0.717) is 13.1 Å². The van der Waals surface area contributed by atoms with Crippen LogP contribution in [-0.4, -0.2) is 24.9 Å². The van der Waals surface area contributed by atoms with Crippen LogP contribution in [0.1, 0.15) is 24.9 Å². The van der Waals surface area contributed by atoms with Crippen LogP contribution in [0.15, 0.2) is 30.3 Å². The molecule has 0 radical (unpaired) electrons. The van der Waals surface area contributed by atoms with Crippen molar-refractivity contribution >= 4 is 24.2 Å². The van der Waals surface area contributed by atoms with Gasteiger partial charge in [0.25, 0.3) is 0 Å². The van der Waals surface area contributed by atoms with Gasteiger partial charge in [0, 0.05) is 32.5 Å². The Morgan fingerprint density at radius 3 is 2.32 bits per heavy atom. The number of carbonyl (C=O) groups is 2. The third-order valence-corrected chi connectivity index (χ3v) is 2.45. The minimum atomic E-state index is -0.299. The summed E-state index contributed by atoms with van der Waals surface area (Å²) >= 11 is 0. The summed E-state index contributed by atoms with van der Waals surface area (Å²) < 4.78 is 0. The molecule has 1 aromatic carbocycles. The van der Waals surface area contributed by atoms with E-state index in [9.17, 15) is 9.59 Å². The molecule has 0 aliphatic carbocycles. The van der Waals surface area contributed by atoms with E-state index in [-0.39, 0.29) is 36.7 Å². The van der Waals surface area contributed by atoms with Crippen molar-refractivity contribution < 1.29 is 9.59 Å². The SMILES string of the molecule is CC(=O)NCCNC(=O)CC(N)c1ccccc1.Cl. The molecule has 0 aliphatic heterocycles. The zero-order valence-corrected chi connectivity index (χ0v) is 11.7. The van der Waals surface area contributed by atoms with Crippen LogP contribution in [0.5, 0.6) is 0 Å². The molecule has 0 saturated heterocycles. The summed E-state index contributed by atoms with van der Waals surface area (Å²) in [6.45, 7) is 2.29. The van der Waals surface area contributed by atoms with Crippen LogP contribution in [0.3, 0.4) is 0 Å². The summed E-state index contributed by atoms with van der Waals surface area (Å²) in [4.78, 5) is 22.2. The van der Waals surface area contributed by atoms with Gasteiger partial charge in [-0.05, 0) is 5.56 Å². The molecular weight excluding hydrogens is 266 g/mol. The Labute approximate surface area is 119 Å². The van der Waals surface area contributed by atoms with E-state index in [4.69, 9.17) is 5.73 Å². The highest BCUT2D eigenvalue weighted by molar-refractivity contribution is 5.85. The van der Waals surface area contributed by atoms with Gasteiger partial charge in [-0.3, -0.25) is 9.59 Å². The number of carbonyl (C=O) groups excluding carboxylic acids is 2. The Morgan fingerprint density at radius 2 is 1.74 bits per heavy atom. The van der Waals surface area contributed by atoms with Crippen molar-refractivity contribution in [3.8, 4) is 0 Å². The number of nitrogens with one attached hydrogen (secondary N) is 2. The van der Waals surface area contributed by atoms with Crippen LogP contribution < -0.4 is 16.4 Å². The van der Waals surface area contributed by atoms with Crippen molar-refractivity contribution in [3.63, 3.8) is 0 Å². The zero-order chi connectivity index (χ0) is 13.4. The Morgan fingerprint density at radius 1 is 1.16 bits per heavy atom. The van der Waals surface area contributed by atoms with Crippen LogP contribution in [0, 0.1) is 0 Å². The fourth-order valence-corrected chi connectivity index (χ4v) is 1.53. The summed E-state index contributed by atoms with van der Waals surface area (Å²) in [6, 6.07) is 9.19. The van der Waals surface area contributed by atoms with Gasteiger partial charge in [-0.1, -0.05) is 30.3 Å². The predicted molar refractivity (Wildman–Crippen MR) is 76.9 cm³/mol. The summed E-state index contributed by atoms with van der Waals surface area (Å²) in [6.07, 6.45) is 0.240. The molecule has 0 heterocycles. The van der Waals surface area contributed by atoms with Gasteiger partial charge in [0.1, 0.15) is 0 Å². The minimum absolute atomic E-state index is 0. The number of hydrogen-bond acceptors (Lipinski definition) is 3. The smallest absolute Gasteiger partial charge is 0.221 e. The van der Waals surface area contributed by atoms with Crippen molar-refractivity contribution in [3.05, 3.63) is 35.9 Å². The van der Waals surface area contributed by atoms with Gasteiger partial charge in [0.15, 0.2) is 0 Å². The molecule has 1 unspecified atom stereocenters. The molecule has 1 aromatic rings. The second kappa shape index (κ2) is 9.35. The van der Waals surface area contributed by atoms with Crippen LogP contribution >= 0.6 is 12.4 Å². The molecule has 0 aromatic heterocycles. The van der Waals surface area contributed by atoms with Crippen LogP contribution in [0.25, 0.3) is 0 Å². The first-order valence-corrected chi connectivity index (χ1v) is 5.91. The van der Waals surface area contributed by atoms with Gasteiger partial charge >= 0.3 is 0 Å². The number of halogens is 1. The molecule has 106 valence electrons. The summed E-state index contributed by atoms with van der Waals surface area (Å²) in [7, 11) is 0. The van der Waals surface area contributed by atoms with E-state index < -0.39 is 0 Å². The normalized spacial score (nSPS) is 11.1. The number of nitrogens with two attached hydrogens (primary N) is 1. The van der Waals surface area contributed by atoms with E-state index in [1.54, 1.807) is 0 Å². The molecule has 4 N–H and O–H groups in total. The summed E-state index contributed by atoms with van der Waals surface area (Å²) in [5.74, 6) is -0.220. The first-order valence-electron chi connectivity index (χ1n) is 5.91. The number of hydrogen-bond donors (Lipinski definition) is 3. The largest absolute Gasteiger partial charge is 0.355 e. The van der Waals surface area contributed by atoms with Gasteiger partial charge < -0.3 is 16.4 Å². The topological polar surface area (TPSA) is 84.2 Å². The molecular formula is C13H20ClN3O2. The van der Waals surface area contributed by atoms with Gasteiger partial charge in [-0.25, -0.2) is 0 Å². The second-order valence-corrected chi connectivity index (χ2v) is 4.05. The molecule has 6 heteroatoms. The van der Waals surface area contributed by atoms with Crippen molar-refractivity contribution in [2.75, 3.05) is 13.1 Å². The van der Waals surface area contributed by atoms with E-state index >= 15 is 0 Å². The van der Waals surface area contributed by atoms with E-state index in [1.807, 2.05) is 30.3 Å². The first kappa shape index (κ1) is 17.4. The number of rotatable bonds is 6. The lowest BCUT2D eigenvalue weighted by Crippen LogP contribution is -2.34. The predicted octanol–water partition coefficient (Wildman–Crippen LogP) is 0.751. The van der Waals surface area contributed by atoms with E-state index in [1.165, 1.54) is 6.92 Å². The Balaban J connectivity index is 0.00000324. The molecule has 5 nitrogen and oxygen atoms in total. The fourth-order valence-electron chi connectivity index (χ4n) is 1.53. The zero-order valence-electron chi connectivity index (χ0n) is 10.9. The third kappa shape index (κ3) is 7.43. The lowest BCUT2D eigenvalue weighted by molar-refractivity contribution is -0.122. The average molecular weight is 286 g/mol. The Kier molecular flexibility index (Phi) is 8.57. The standard InChI is InChI=1S/C13H19N3O2.ClH/c1-10(17)15-7-8-16-13(18)9-12(14)11-5-3-2-4-6-11;/h2-6,12H,7-9,14H2,1H3,(H,15,17)(H,16,18);1H. The molecule has 0 spiro atoms. The first-order chi connectivity index (χ1) is 8.59. The maximum atomic E-state index is 11.6. The van der Waals surface area contributed by atoms with Gasteiger partial charge in [0.2, 0.25) is 11.8 Å². The molecule has 1 rings (SSSR count). The molecule has 1 atom stereocenters. The van der Waals surface area contributed by atoms with Crippen LogP contribution in [0.2, 0.25) is 0 Å². The van der Waals surface area contributed by atoms with Gasteiger partial charge in [-0.15, -0.1) is 12.4 Å². The van der Waals surface area contributed by atoms with Crippen molar-refractivity contribution in [2.24, 2.45) is 5.73 Å². The molecule has 0 aliphatic rings. The molecule has 0 fully saturated rings. The number of amides is 2.